The SMILES string of the molecule is CCc1scnc1CC=NOC. The van der Waals surface area contributed by atoms with Crippen molar-refractivity contribution in [3.8, 4) is 0 Å². The Labute approximate surface area is 76.1 Å². The summed E-state index contributed by atoms with van der Waals surface area (Å²) in [4.78, 5) is 10.1. The molecular weight excluding hydrogens is 172 g/mol. The first-order valence-corrected chi connectivity index (χ1v) is 4.72. The molecule has 0 aliphatic heterocycles. The number of rotatable bonds is 4. The molecule has 0 radical (unpaired) electrons. The summed E-state index contributed by atoms with van der Waals surface area (Å²) >= 11 is 1.69. The van der Waals surface area contributed by atoms with Gasteiger partial charge in [0, 0.05) is 17.5 Å². The highest BCUT2D eigenvalue weighted by Gasteiger charge is 2.01. The molecule has 0 N–H and O–H groups in total. The van der Waals surface area contributed by atoms with Crippen molar-refractivity contribution in [2.75, 3.05) is 7.11 Å². The van der Waals surface area contributed by atoms with Crippen molar-refractivity contribution < 1.29 is 4.84 Å². The molecule has 0 bridgehead atoms. The van der Waals surface area contributed by atoms with Gasteiger partial charge in [0.05, 0.1) is 11.2 Å². The van der Waals surface area contributed by atoms with E-state index in [9.17, 15) is 0 Å². The number of oxime groups is 1. The molecule has 0 aliphatic rings. The highest BCUT2D eigenvalue weighted by molar-refractivity contribution is 7.09. The zero-order valence-corrected chi connectivity index (χ0v) is 8.10. The molecule has 0 fully saturated rings. The van der Waals surface area contributed by atoms with E-state index in [0.29, 0.717) is 0 Å². The van der Waals surface area contributed by atoms with Gasteiger partial charge < -0.3 is 4.84 Å². The molecule has 4 heteroatoms. The van der Waals surface area contributed by atoms with Gasteiger partial charge in [0.25, 0.3) is 0 Å². The van der Waals surface area contributed by atoms with E-state index in [1.54, 1.807) is 17.6 Å². The van der Waals surface area contributed by atoms with Crippen LogP contribution in [0.1, 0.15) is 17.5 Å². The second-order valence-corrected chi connectivity index (χ2v) is 3.19. The molecule has 0 aromatic carbocycles. The molecule has 1 aromatic heterocycles. The van der Waals surface area contributed by atoms with Crippen molar-refractivity contribution in [3.63, 3.8) is 0 Å². The van der Waals surface area contributed by atoms with Crippen LogP contribution in [0, 0.1) is 0 Å². The number of aryl methyl sites for hydroxylation is 1. The van der Waals surface area contributed by atoms with Crippen LogP contribution in [-0.2, 0) is 17.7 Å². The molecule has 3 nitrogen and oxygen atoms in total. The molecule has 0 amide bonds. The van der Waals surface area contributed by atoms with Gasteiger partial charge in [-0.05, 0) is 6.42 Å². The average molecular weight is 184 g/mol. The van der Waals surface area contributed by atoms with Crippen LogP contribution in [0.4, 0.5) is 0 Å². The van der Waals surface area contributed by atoms with Crippen molar-refractivity contribution in [1.82, 2.24) is 4.98 Å². The van der Waals surface area contributed by atoms with Crippen molar-refractivity contribution in [2.45, 2.75) is 19.8 Å². The standard InChI is InChI=1S/C8H12N2OS/c1-3-8-7(9-6-12-8)4-5-10-11-2/h5-6H,3-4H2,1-2H3. The summed E-state index contributed by atoms with van der Waals surface area (Å²) in [6.07, 6.45) is 3.54. The Kier molecular flexibility index (Phi) is 3.73. The number of hydrogen-bond acceptors (Lipinski definition) is 4. The van der Waals surface area contributed by atoms with Crippen LogP contribution < -0.4 is 0 Å². The molecule has 1 heterocycles. The van der Waals surface area contributed by atoms with E-state index in [-0.39, 0.29) is 0 Å². The third kappa shape index (κ3) is 2.30. The van der Waals surface area contributed by atoms with Gasteiger partial charge in [-0.1, -0.05) is 12.1 Å². The Morgan fingerprint density at radius 1 is 1.75 bits per heavy atom. The second-order valence-electron chi connectivity index (χ2n) is 2.25. The second kappa shape index (κ2) is 4.87. The smallest absolute Gasteiger partial charge is 0.106 e. The van der Waals surface area contributed by atoms with Gasteiger partial charge in [0.1, 0.15) is 7.11 Å². The first-order valence-electron chi connectivity index (χ1n) is 3.84. The van der Waals surface area contributed by atoms with Crippen LogP contribution in [0.3, 0.4) is 0 Å². The molecule has 0 aliphatic carbocycles. The summed E-state index contributed by atoms with van der Waals surface area (Å²) in [5.74, 6) is 0. The van der Waals surface area contributed by atoms with Crippen LogP contribution in [0.5, 0.6) is 0 Å². The molecule has 0 saturated carbocycles. The lowest BCUT2D eigenvalue weighted by Crippen LogP contribution is -1.91. The molecule has 0 atom stereocenters. The number of hydrogen-bond donors (Lipinski definition) is 0. The first-order chi connectivity index (χ1) is 5.88. The van der Waals surface area contributed by atoms with E-state index >= 15 is 0 Å². The minimum absolute atomic E-state index is 0.764. The molecule has 0 unspecified atom stereocenters. The van der Waals surface area contributed by atoms with E-state index < -0.39 is 0 Å². The fourth-order valence-corrected chi connectivity index (χ4v) is 1.69. The lowest BCUT2D eigenvalue weighted by Gasteiger charge is -1.93. The third-order valence-corrected chi connectivity index (χ3v) is 2.53. The first kappa shape index (κ1) is 9.19. The number of aromatic nitrogens is 1. The summed E-state index contributed by atoms with van der Waals surface area (Å²) in [6.45, 7) is 2.13. The number of thiazole rings is 1. The van der Waals surface area contributed by atoms with Crippen LogP contribution in [0.15, 0.2) is 10.7 Å². The summed E-state index contributed by atoms with van der Waals surface area (Å²) in [5, 5.41) is 3.66. The van der Waals surface area contributed by atoms with E-state index in [2.05, 4.69) is 21.9 Å². The van der Waals surface area contributed by atoms with E-state index in [0.717, 1.165) is 18.5 Å². The zero-order chi connectivity index (χ0) is 8.81. The topological polar surface area (TPSA) is 34.5 Å². The van der Waals surface area contributed by atoms with Gasteiger partial charge in [0.2, 0.25) is 0 Å². The Balaban J connectivity index is 2.56. The van der Waals surface area contributed by atoms with Crippen LogP contribution in [0.25, 0.3) is 0 Å². The lowest BCUT2D eigenvalue weighted by atomic mass is 10.2. The maximum atomic E-state index is 4.56. The van der Waals surface area contributed by atoms with Gasteiger partial charge in [0.15, 0.2) is 0 Å². The predicted octanol–water partition coefficient (Wildman–Crippen LogP) is 1.88. The van der Waals surface area contributed by atoms with E-state index in [4.69, 9.17) is 0 Å². The van der Waals surface area contributed by atoms with E-state index in [1.807, 2.05) is 5.51 Å². The number of nitrogens with zero attached hydrogens (tertiary/aromatic N) is 2. The normalized spacial score (nSPS) is 10.8. The Bertz CT molecular complexity index is 257. The van der Waals surface area contributed by atoms with Gasteiger partial charge in [-0.2, -0.15) is 0 Å². The van der Waals surface area contributed by atoms with E-state index in [1.165, 1.54) is 12.0 Å². The zero-order valence-electron chi connectivity index (χ0n) is 7.28. The Morgan fingerprint density at radius 3 is 3.25 bits per heavy atom. The van der Waals surface area contributed by atoms with Crippen LogP contribution in [-0.4, -0.2) is 18.3 Å². The Hall–Kier alpha value is -0.900. The fourth-order valence-electron chi connectivity index (χ4n) is 0.946. The average Bonchev–Trinajstić information content (AvgIpc) is 2.52. The molecule has 12 heavy (non-hydrogen) atoms. The summed E-state index contributed by atoms with van der Waals surface area (Å²) in [6, 6.07) is 0. The van der Waals surface area contributed by atoms with Crippen molar-refractivity contribution in [2.24, 2.45) is 5.16 Å². The molecule has 66 valence electrons. The van der Waals surface area contributed by atoms with Gasteiger partial charge in [-0.3, -0.25) is 0 Å². The van der Waals surface area contributed by atoms with Gasteiger partial charge in [-0.15, -0.1) is 11.3 Å². The molecule has 1 aromatic rings. The maximum Gasteiger partial charge on any atom is 0.106 e. The molecule has 0 spiro atoms. The van der Waals surface area contributed by atoms with Crippen LogP contribution in [0.2, 0.25) is 0 Å². The fraction of sp³-hybridized carbons (Fsp3) is 0.500. The third-order valence-electron chi connectivity index (χ3n) is 1.51. The largest absolute Gasteiger partial charge is 0.399 e. The minimum Gasteiger partial charge on any atom is -0.399 e. The summed E-state index contributed by atoms with van der Waals surface area (Å²) in [7, 11) is 1.54. The monoisotopic (exact) mass is 184 g/mol. The van der Waals surface area contributed by atoms with Crippen LogP contribution >= 0.6 is 11.3 Å². The van der Waals surface area contributed by atoms with Crippen molar-refractivity contribution in [1.29, 1.82) is 0 Å². The minimum atomic E-state index is 0.764. The summed E-state index contributed by atoms with van der Waals surface area (Å²) in [5.41, 5.74) is 2.98. The molecule has 1 rings (SSSR count). The van der Waals surface area contributed by atoms with Gasteiger partial charge in [-0.25, -0.2) is 4.98 Å². The highest BCUT2D eigenvalue weighted by atomic mass is 32.1. The lowest BCUT2D eigenvalue weighted by molar-refractivity contribution is 0.214. The van der Waals surface area contributed by atoms with Gasteiger partial charge >= 0.3 is 0 Å². The highest BCUT2D eigenvalue weighted by Crippen LogP contribution is 2.13. The summed E-state index contributed by atoms with van der Waals surface area (Å²) < 4.78 is 0. The van der Waals surface area contributed by atoms with Crippen molar-refractivity contribution in [3.05, 3.63) is 16.1 Å². The predicted molar refractivity (Wildman–Crippen MR) is 50.7 cm³/mol. The quantitative estimate of drug-likeness (QED) is 0.529. The molecular formula is C8H12N2OS. The Morgan fingerprint density at radius 2 is 2.58 bits per heavy atom. The van der Waals surface area contributed by atoms with Crippen molar-refractivity contribution >= 4 is 17.6 Å². The maximum absolute atomic E-state index is 4.56. The molecule has 0 saturated heterocycles.